The highest BCUT2D eigenvalue weighted by Crippen LogP contribution is 2.20. The molecule has 0 bridgehead atoms. The maximum absolute atomic E-state index is 13.7. The number of carbonyl (C=O) groups is 2. The van der Waals surface area contributed by atoms with E-state index in [1.165, 1.54) is 12.1 Å². The molecule has 1 N–H and O–H groups in total. The second-order valence-corrected chi connectivity index (χ2v) is 8.70. The van der Waals surface area contributed by atoms with Crippen LogP contribution in [0.1, 0.15) is 37.0 Å². The van der Waals surface area contributed by atoms with E-state index in [0.29, 0.717) is 17.7 Å². The molecule has 0 aliphatic heterocycles. The van der Waals surface area contributed by atoms with E-state index in [0.717, 1.165) is 17.5 Å². The van der Waals surface area contributed by atoms with Crippen molar-refractivity contribution in [3.63, 3.8) is 0 Å². The number of amides is 2. The zero-order chi connectivity index (χ0) is 25.2. The number of benzene rings is 3. The van der Waals surface area contributed by atoms with Gasteiger partial charge in [0.05, 0.1) is 13.5 Å². The monoisotopic (exact) mass is 476 g/mol. The lowest BCUT2D eigenvalue weighted by Gasteiger charge is -2.32. The Morgan fingerprint density at radius 1 is 0.943 bits per heavy atom. The van der Waals surface area contributed by atoms with Crippen molar-refractivity contribution in [3.05, 3.63) is 101 Å². The normalized spacial score (nSPS) is 12.5. The van der Waals surface area contributed by atoms with Gasteiger partial charge in [-0.15, -0.1) is 0 Å². The Morgan fingerprint density at radius 2 is 1.63 bits per heavy atom. The van der Waals surface area contributed by atoms with Crippen LogP contribution < -0.4 is 10.1 Å². The summed E-state index contributed by atoms with van der Waals surface area (Å²) in [6, 6.07) is 22.3. The van der Waals surface area contributed by atoms with E-state index in [9.17, 15) is 14.0 Å². The van der Waals surface area contributed by atoms with Gasteiger partial charge in [-0.1, -0.05) is 61.5 Å². The van der Waals surface area contributed by atoms with Crippen LogP contribution in [0, 0.1) is 5.82 Å². The van der Waals surface area contributed by atoms with Crippen molar-refractivity contribution in [2.45, 2.75) is 51.7 Å². The molecule has 3 aromatic carbocycles. The molecule has 5 nitrogen and oxygen atoms in total. The number of ether oxygens (including phenoxy) is 1. The van der Waals surface area contributed by atoms with Crippen LogP contribution in [-0.2, 0) is 29.0 Å². The predicted molar refractivity (Wildman–Crippen MR) is 135 cm³/mol. The summed E-state index contributed by atoms with van der Waals surface area (Å²) in [5.74, 6) is -0.0837. The summed E-state index contributed by atoms with van der Waals surface area (Å²) in [4.78, 5) is 28.8. The fourth-order valence-electron chi connectivity index (χ4n) is 3.84. The van der Waals surface area contributed by atoms with Crippen LogP contribution in [0.3, 0.4) is 0 Å². The third-order valence-electron chi connectivity index (χ3n) is 6.03. The number of nitrogens with one attached hydrogen (secondary N) is 1. The summed E-state index contributed by atoms with van der Waals surface area (Å²) >= 11 is 0. The van der Waals surface area contributed by atoms with Crippen LogP contribution in [0.5, 0.6) is 5.75 Å². The molecule has 2 amide bonds. The zero-order valence-electron chi connectivity index (χ0n) is 20.5. The quantitative estimate of drug-likeness (QED) is 0.427. The van der Waals surface area contributed by atoms with Gasteiger partial charge in [0.1, 0.15) is 17.6 Å². The number of nitrogens with zero attached hydrogens (tertiary/aromatic N) is 1. The minimum absolute atomic E-state index is 0.0216. The summed E-state index contributed by atoms with van der Waals surface area (Å²) in [6.07, 6.45) is 1.22. The molecule has 0 aliphatic rings. The third-order valence-corrected chi connectivity index (χ3v) is 6.03. The zero-order valence-corrected chi connectivity index (χ0v) is 20.5. The average Bonchev–Trinajstić information content (AvgIpc) is 2.88. The highest BCUT2D eigenvalue weighted by atomic mass is 19.1. The molecule has 0 aliphatic carbocycles. The van der Waals surface area contributed by atoms with E-state index in [4.69, 9.17) is 4.74 Å². The second-order valence-electron chi connectivity index (χ2n) is 8.70. The fraction of sp³-hybridized carbons (Fsp3) is 0.310. The summed E-state index contributed by atoms with van der Waals surface area (Å²) in [7, 11) is 1.59. The van der Waals surface area contributed by atoms with Crippen LogP contribution in [0.2, 0.25) is 0 Å². The maximum atomic E-state index is 13.7. The van der Waals surface area contributed by atoms with Gasteiger partial charge in [-0.3, -0.25) is 9.59 Å². The molecule has 0 unspecified atom stereocenters. The first-order valence-electron chi connectivity index (χ1n) is 11.9. The van der Waals surface area contributed by atoms with Gasteiger partial charge < -0.3 is 15.0 Å². The molecular formula is C29H33FN2O3. The van der Waals surface area contributed by atoms with Gasteiger partial charge in [0.25, 0.3) is 0 Å². The van der Waals surface area contributed by atoms with Crippen LogP contribution in [0.15, 0.2) is 78.9 Å². The summed E-state index contributed by atoms with van der Waals surface area (Å²) < 4.78 is 18.8. The number of methoxy groups -OCH3 is 1. The lowest BCUT2D eigenvalue weighted by atomic mass is 10.0. The molecule has 0 radical (unpaired) electrons. The first-order chi connectivity index (χ1) is 16.9. The third kappa shape index (κ3) is 7.67. The number of hydrogen-bond donors (Lipinski definition) is 1. The molecule has 184 valence electrons. The van der Waals surface area contributed by atoms with Crippen molar-refractivity contribution in [1.29, 1.82) is 0 Å². The fourth-order valence-corrected chi connectivity index (χ4v) is 3.84. The molecule has 35 heavy (non-hydrogen) atoms. The Labute approximate surface area is 206 Å². The SMILES string of the molecule is CC[C@H](C)NC(=O)[C@@H](Cc1ccccc1)N(Cc1cccc(OC)c1)C(=O)Cc1ccc(F)cc1. The summed E-state index contributed by atoms with van der Waals surface area (Å²) in [6.45, 7) is 4.19. The molecule has 6 heteroatoms. The minimum Gasteiger partial charge on any atom is -0.497 e. The van der Waals surface area contributed by atoms with Gasteiger partial charge >= 0.3 is 0 Å². The summed E-state index contributed by atoms with van der Waals surface area (Å²) in [5.41, 5.74) is 2.50. The highest BCUT2D eigenvalue weighted by Gasteiger charge is 2.31. The van der Waals surface area contributed by atoms with E-state index < -0.39 is 6.04 Å². The number of rotatable bonds is 11. The van der Waals surface area contributed by atoms with Crippen LogP contribution in [-0.4, -0.2) is 35.9 Å². The molecule has 0 spiro atoms. The van der Waals surface area contributed by atoms with Crippen LogP contribution >= 0.6 is 0 Å². The molecule has 0 heterocycles. The number of hydrogen-bond acceptors (Lipinski definition) is 3. The lowest BCUT2D eigenvalue weighted by molar-refractivity contribution is -0.141. The van der Waals surface area contributed by atoms with Gasteiger partial charge in [-0.05, 0) is 54.3 Å². The van der Waals surface area contributed by atoms with Gasteiger partial charge in [0.15, 0.2) is 0 Å². The molecule has 2 atom stereocenters. The van der Waals surface area contributed by atoms with Crippen molar-refractivity contribution in [3.8, 4) is 5.75 Å². The lowest BCUT2D eigenvalue weighted by Crippen LogP contribution is -2.52. The first kappa shape index (κ1) is 25.9. The Morgan fingerprint density at radius 3 is 2.29 bits per heavy atom. The number of carbonyl (C=O) groups excluding carboxylic acids is 2. The maximum Gasteiger partial charge on any atom is 0.243 e. The average molecular weight is 477 g/mol. The van der Waals surface area contributed by atoms with Gasteiger partial charge in [-0.25, -0.2) is 4.39 Å². The van der Waals surface area contributed by atoms with E-state index in [-0.39, 0.29) is 36.6 Å². The standard InChI is InChI=1S/C29H33FN2O3/c1-4-21(2)31-29(34)27(18-22-9-6-5-7-10-22)32(20-24-11-8-12-26(17-24)35-3)28(33)19-23-13-15-25(30)16-14-23/h5-17,21,27H,4,18-20H2,1-3H3,(H,31,34)/t21-,27+/m0/s1. The largest absolute Gasteiger partial charge is 0.497 e. The molecule has 0 saturated carbocycles. The summed E-state index contributed by atoms with van der Waals surface area (Å²) in [5, 5.41) is 3.06. The Balaban J connectivity index is 1.97. The first-order valence-corrected chi connectivity index (χ1v) is 11.9. The van der Waals surface area contributed by atoms with Crippen molar-refractivity contribution < 1.29 is 18.7 Å². The minimum atomic E-state index is -0.717. The van der Waals surface area contributed by atoms with Crippen molar-refractivity contribution >= 4 is 11.8 Å². The smallest absolute Gasteiger partial charge is 0.243 e. The van der Waals surface area contributed by atoms with E-state index in [2.05, 4.69) is 5.32 Å². The predicted octanol–water partition coefficient (Wildman–Crippen LogP) is 4.93. The van der Waals surface area contributed by atoms with Gasteiger partial charge in [0, 0.05) is 19.0 Å². The van der Waals surface area contributed by atoms with E-state index >= 15 is 0 Å². The Bertz CT molecular complexity index is 1100. The molecule has 0 aromatic heterocycles. The Kier molecular flexibility index (Phi) is 9.41. The van der Waals surface area contributed by atoms with Crippen LogP contribution in [0.4, 0.5) is 4.39 Å². The van der Waals surface area contributed by atoms with Crippen molar-refractivity contribution in [2.24, 2.45) is 0 Å². The van der Waals surface area contributed by atoms with Gasteiger partial charge in [-0.2, -0.15) is 0 Å². The molecule has 3 aromatic rings. The van der Waals surface area contributed by atoms with Crippen LogP contribution in [0.25, 0.3) is 0 Å². The van der Waals surface area contributed by atoms with E-state index in [1.807, 2.05) is 68.4 Å². The number of halogens is 1. The molecule has 3 rings (SSSR count). The molecule has 0 saturated heterocycles. The van der Waals surface area contributed by atoms with Crippen molar-refractivity contribution in [1.82, 2.24) is 10.2 Å². The second kappa shape index (κ2) is 12.7. The highest BCUT2D eigenvalue weighted by molar-refractivity contribution is 5.89. The molecular weight excluding hydrogens is 443 g/mol. The van der Waals surface area contributed by atoms with Crippen molar-refractivity contribution in [2.75, 3.05) is 7.11 Å². The topological polar surface area (TPSA) is 58.6 Å². The van der Waals surface area contributed by atoms with E-state index in [1.54, 1.807) is 24.1 Å². The van der Waals surface area contributed by atoms with Gasteiger partial charge in [0.2, 0.25) is 11.8 Å². The molecule has 0 fully saturated rings. The Hall–Kier alpha value is -3.67.